The van der Waals surface area contributed by atoms with Gasteiger partial charge in [-0.25, -0.2) is 9.97 Å². The quantitative estimate of drug-likeness (QED) is 0.565. The van der Waals surface area contributed by atoms with Gasteiger partial charge in [-0.3, -0.25) is 9.69 Å². The number of benzene rings is 2. The summed E-state index contributed by atoms with van der Waals surface area (Å²) >= 11 is 0. The Kier molecular flexibility index (Phi) is 6.50. The molecule has 154 valence electrons. The van der Waals surface area contributed by atoms with Gasteiger partial charge in [0.2, 0.25) is 0 Å². The van der Waals surface area contributed by atoms with Crippen LogP contribution in [0.15, 0.2) is 67.1 Å². The van der Waals surface area contributed by atoms with E-state index in [0.717, 1.165) is 55.1 Å². The van der Waals surface area contributed by atoms with Gasteiger partial charge in [0.1, 0.15) is 12.1 Å². The molecule has 1 fully saturated rings. The van der Waals surface area contributed by atoms with Crippen LogP contribution in [-0.4, -0.2) is 33.7 Å². The minimum absolute atomic E-state index is 0.237. The number of piperidine rings is 1. The van der Waals surface area contributed by atoms with Crippen molar-refractivity contribution in [3.63, 3.8) is 0 Å². The predicted octanol–water partition coefficient (Wildman–Crippen LogP) is 5.01. The Morgan fingerprint density at radius 1 is 1.07 bits per heavy atom. The van der Waals surface area contributed by atoms with Crippen LogP contribution in [0.3, 0.4) is 0 Å². The highest BCUT2D eigenvalue weighted by atomic mass is 16.1. The molecular weight excluding hydrogens is 372 g/mol. The smallest absolute Gasteiger partial charge is 0.163 e. The largest absolute Gasteiger partial charge is 0.340 e. The normalized spacial score (nSPS) is 15.1. The number of rotatable bonds is 7. The van der Waals surface area contributed by atoms with Crippen LogP contribution in [0.2, 0.25) is 0 Å². The number of aryl methyl sites for hydroxylation is 1. The minimum atomic E-state index is 0.237. The van der Waals surface area contributed by atoms with Crippen LogP contribution in [0.25, 0.3) is 0 Å². The van der Waals surface area contributed by atoms with Gasteiger partial charge in [-0.2, -0.15) is 0 Å². The van der Waals surface area contributed by atoms with E-state index in [0.29, 0.717) is 12.3 Å². The van der Waals surface area contributed by atoms with Gasteiger partial charge in [0.25, 0.3) is 0 Å². The number of nitrogens with one attached hydrogen (secondary N) is 1. The van der Waals surface area contributed by atoms with Crippen molar-refractivity contribution in [2.24, 2.45) is 5.92 Å². The van der Waals surface area contributed by atoms with E-state index in [2.05, 4.69) is 50.5 Å². The molecule has 0 saturated carbocycles. The Morgan fingerprint density at radius 3 is 2.50 bits per heavy atom. The highest BCUT2D eigenvalue weighted by Crippen LogP contribution is 2.24. The van der Waals surface area contributed by atoms with Crippen LogP contribution < -0.4 is 5.32 Å². The zero-order chi connectivity index (χ0) is 20.8. The van der Waals surface area contributed by atoms with Crippen LogP contribution in [0.4, 0.5) is 11.5 Å². The van der Waals surface area contributed by atoms with Crippen LogP contribution in [0.1, 0.15) is 40.7 Å². The molecule has 0 bridgehead atoms. The van der Waals surface area contributed by atoms with E-state index < -0.39 is 0 Å². The SMILES string of the molecule is Cc1cncnc1Nc1ccc(C(=O)CC2CCN(Cc3ccccc3)CC2)cc1. The molecule has 30 heavy (non-hydrogen) atoms. The summed E-state index contributed by atoms with van der Waals surface area (Å²) in [6.45, 7) is 5.09. The summed E-state index contributed by atoms with van der Waals surface area (Å²) in [4.78, 5) is 23.5. The third kappa shape index (κ3) is 5.30. The van der Waals surface area contributed by atoms with Gasteiger partial charge in [0.05, 0.1) is 0 Å². The van der Waals surface area contributed by atoms with E-state index in [9.17, 15) is 4.79 Å². The fraction of sp³-hybridized carbons (Fsp3) is 0.320. The van der Waals surface area contributed by atoms with Crippen molar-refractivity contribution in [2.45, 2.75) is 32.7 Å². The van der Waals surface area contributed by atoms with Gasteiger partial charge in [-0.05, 0) is 68.6 Å². The first-order valence-electron chi connectivity index (χ1n) is 10.6. The molecule has 0 atom stereocenters. The van der Waals surface area contributed by atoms with Crippen molar-refractivity contribution in [2.75, 3.05) is 18.4 Å². The summed E-state index contributed by atoms with van der Waals surface area (Å²) in [5, 5.41) is 3.28. The minimum Gasteiger partial charge on any atom is -0.340 e. The molecule has 0 aliphatic carbocycles. The molecule has 1 aliphatic rings. The number of anilines is 2. The van der Waals surface area contributed by atoms with Gasteiger partial charge >= 0.3 is 0 Å². The lowest BCUT2D eigenvalue weighted by atomic mass is 9.89. The third-order valence-corrected chi connectivity index (χ3v) is 5.80. The zero-order valence-electron chi connectivity index (χ0n) is 17.4. The summed E-state index contributed by atoms with van der Waals surface area (Å²) in [6, 6.07) is 18.3. The third-order valence-electron chi connectivity index (χ3n) is 5.80. The summed E-state index contributed by atoms with van der Waals surface area (Å²) in [5.74, 6) is 1.50. The number of likely N-dealkylation sites (tertiary alicyclic amines) is 1. The Morgan fingerprint density at radius 2 is 1.80 bits per heavy atom. The number of ketones is 1. The van der Waals surface area contributed by atoms with E-state index in [-0.39, 0.29) is 5.78 Å². The molecule has 3 aromatic rings. The van der Waals surface area contributed by atoms with Gasteiger partial charge in [-0.15, -0.1) is 0 Å². The highest BCUT2D eigenvalue weighted by Gasteiger charge is 2.22. The number of aromatic nitrogens is 2. The first-order valence-corrected chi connectivity index (χ1v) is 10.6. The van der Waals surface area contributed by atoms with Gasteiger partial charge in [0.15, 0.2) is 5.78 Å². The molecule has 1 aromatic heterocycles. The fourth-order valence-corrected chi connectivity index (χ4v) is 3.98. The average molecular weight is 401 g/mol. The number of nitrogens with zero attached hydrogens (tertiary/aromatic N) is 3. The standard InChI is InChI=1S/C25H28N4O/c1-19-16-26-18-27-25(19)28-23-9-7-22(8-10-23)24(30)15-20-11-13-29(14-12-20)17-21-5-3-2-4-6-21/h2-10,16,18,20H,11-15,17H2,1H3,(H,26,27,28). The number of carbonyl (C=O) groups is 1. The predicted molar refractivity (Wildman–Crippen MR) is 120 cm³/mol. The van der Waals surface area contributed by atoms with E-state index in [4.69, 9.17) is 0 Å². The molecular formula is C25H28N4O. The molecule has 5 nitrogen and oxygen atoms in total. The van der Waals surface area contributed by atoms with Crippen LogP contribution in [0, 0.1) is 12.8 Å². The molecule has 1 N–H and O–H groups in total. The van der Waals surface area contributed by atoms with Crippen LogP contribution >= 0.6 is 0 Å². The fourth-order valence-electron chi connectivity index (χ4n) is 3.98. The van der Waals surface area contributed by atoms with Crippen LogP contribution in [-0.2, 0) is 6.54 Å². The molecule has 0 amide bonds. The topological polar surface area (TPSA) is 58.1 Å². The number of carbonyl (C=O) groups excluding carboxylic acids is 1. The number of hydrogen-bond donors (Lipinski definition) is 1. The van der Waals surface area contributed by atoms with E-state index >= 15 is 0 Å². The average Bonchev–Trinajstić information content (AvgIpc) is 2.78. The van der Waals surface area contributed by atoms with Gasteiger partial charge in [-0.1, -0.05) is 30.3 Å². The lowest BCUT2D eigenvalue weighted by Crippen LogP contribution is -2.33. The maximum Gasteiger partial charge on any atom is 0.163 e. The lowest BCUT2D eigenvalue weighted by molar-refractivity contribution is 0.0925. The summed E-state index contributed by atoms with van der Waals surface area (Å²) in [7, 11) is 0. The first kappa shape index (κ1) is 20.2. The van der Waals surface area contributed by atoms with E-state index in [1.54, 1.807) is 6.20 Å². The maximum absolute atomic E-state index is 12.8. The summed E-state index contributed by atoms with van der Waals surface area (Å²) < 4.78 is 0. The summed E-state index contributed by atoms with van der Waals surface area (Å²) in [5.41, 5.74) is 4.04. The second-order valence-corrected chi connectivity index (χ2v) is 8.09. The van der Waals surface area contributed by atoms with Crippen molar-refractivity contribution in [1.29, 1.82) is 0 Å². The molecule has 0 radical (unpaired) electrons. The molecule has 0 spiro atoms. The van der Waals surface area contributed by atoms with E-state index in [1.165, 1.54) is 11.9 Å². The molecule has 5 heteroatoms. The second-order valence-electron chi connectivity index (χ2n) is 8.09. The molecule has 2 heterocycles. The molecule has 1 aliphatic heterocycles. The van der Waals surface area contributed by atoms with Crippen molar-refractivity contribution < 1.29 is 4.79 Å². The first-order chi connectivity index (χ1) is 14.7. The van der Waals surface area contributed by atoms with Crippen molar-refractivity contribution >= 4 is 17.3 Å². The molecule has 4 rings (SSSR count). The van der Waals surface area contributed by atoms with Crippen LogP contribution in [0.5, 0.6) is 0 Å². The Balaban J connectivity index is 1.27. The Labute approximate surface area is 178 Å². The summed E-state index contributed by atoms with van der Waals surface area (Å²) in [6.07, 6.45) is 6.12. The van der Waals surface area contributed by atoms with Gasteiger partial charge < -0.3 is 5.32 Å². The number of hydrogen-bond acceptors (Lipinski definition) is 5. The van der Waals surface area contributed by atoms with Crippen molar-refractivity contribution in [3.8, 4) is 0 Å². The van der Waals surface area contributed by atoms with Gasteiger partial charge in [0, 0.05) is 36.0 Å². The Bertz CT molecular complexity index is 964. The molecule has 1 saturated heterocycles. The second kappa shape index (κ2) is 9.63. The molecule has 2 aromatic carbocycles. The lowest BCUT2D eigenvalue weighted by Gasteiger charge is -2.31. The zero-order valence-corrected chi connectivity index (χ0v) is 17.4. The maximum atomic E-state index is 12.8. The Hall–Kier alpha value is -3.05. The number of Topliss-reactive ketones (excluding diaryl/α,β-unsaturated/α-hetero) is 1. The van der Waals surface area contributed by atoms with Crippen molar-refractivity contribution in [3.05, 3.63) is 83.8 Å². The highest BCUT2D eigenvalue weighted by molar-refractivity contribution is 5.96. The van der Waals surface area contributed by atoms with E-state index in [1.807, 2.05) is 31.2 Å². The monoisotopic (exact) mass is 400 g/mol. The van der Waals surface area contributed by atoms with Crippen molar-refractivity contribution in [1.82, 2.24) is 14.9 Å². The molecule has 0 unspecified atom stereocenters.